The number of hydrogen-bond acceptors (Lipinski definition) is 3. The SMILES string of the molecule is CCn1nc(C(N)c2ccc(C)cc2C)ccc1=O. The Bertz CT molecular complexity index is 646. The van der Waals surface area contributed by atoms with Gasteiger partial charge in [0.25, 0.3) is 5.56 Å². The Hall–Kier alpha value is -1.94. The number of aryl methyl sites for hydroxylation is 3. The molecule has 0 bridgehead atoms. The molecule has 0 aliphatic heterocycles. The van der Waals surface area contributed by atoms with Crippen LogP contribution < -0.4 is 11.3 Å². The second-order valence-corrected chi connectivity index (χ2v) is 4.75. The number of benzene rings is 1. The van der Waals surface area contributed by atoms with E-state index >= 15 is 0 Å². The van der Waals surface area contributed by atoms with Gasteiger partial charge in [-0.2, -0.15) is 5.10 Å². The van der Waals surface area contributed by atoms with Crippen molar-refractivity contribution in [3.05, 3.63) is 63.1 Å². The molecule has 1 unspecified atom stereocenters. The van der Waals surface area contributed by atoms with Gasteiger partial charge in [-0.15, -0.1) is 0 Å². The topological polar surface area (TPSA) is 60.9 Å². The average molecular weight is 257 g/mol. The lowest BCUT2D eigenvalue weighted by Gasteiger charge is -2.15. The van der Waals surface area contributed by atoms with Crippen LogP contribution >= 0.6 is 0 Å². The van der Waals surface area contributed by atoms with E-state index in [1.54, 1.807) is 6.07 Å². The van der Waals surface area contributed by atoms with Gasteiger partial charge in [0, 0.05) is 12.6 Å². The molecule has 1 heterocycles. The van der Waals surface area contributed by atoms with Crippen LogP contribution in [0.2, 0.25) is 0 Å². The van der Waals surface area contributed by atoms with Crippen molar-refractivity contribution in [2.75, 3.05) is 0 Å². The highest BCUT2D eigenvalue weighted by Gasteiger charge is 2.13. The molecule has 2 rings (SSSR count). The van der Waals surface area contributed by atoms with Gasteiger partial charge in [-0.3, -0.25) is 4.79 Å². The number of nitrogens with zero attached hydrogens (tertiary/aromatic N) is 2. The molecule has 19 heavy (non-hydrogen) atoms. The Balaban J connectivity index is 2.43. The van der Waals surface area contributed by atoms with E-state index in [-0.39, 0.29) is 11.6 Å². The fourth-order valence-corrected chi connectivity index (χ4v) is 2.19. The molecule has 0 aliphatic rings. The molecule has 0 amide bonds. The predicted molar refractivity (Wildman–Crippen MR) is 76.1 cm³/mol. The van der Waals surface area contributed by atoms with E-state index in [0.29, 0.717) is 12.2 Å². The quantitative estimate of drug-likeness (QED) is 0.914. The van der Waals surface area contributed by atoms with E-state index in [1.807, 2.05) is 26.0 Å². The fraction of sp³-hybridized carbons (Fsp3) is 0.333. The molecular formula is C15H19N3O. The van der Waals surface area contributed by atoms with E-state index in [0.717, 1.165) is 11.1 Å². The third-order valence-electron chi connectivity index (χ3n) is 3.27. The summed E-state index contributed by atoms with van der Waals surface area (Å²) >= 11 is 0. The molecule has 1 atom stereocenters. The second-order valence-electron chi connectivity index (χ2n) is 4.75. The van der Waals surface area contributed by atoms with Crippen molar-refractivity contribution in [3.8, 4) is 0 Å². The molecule has 1 aromatic carbocycles. The normalized spacial score (nSPS) is 12.4. The summed E-state index contributed by atoms with van der Waals surface area (Å²) in [7, 11) is 0. The van der Waals surface area contributed by atoms with Gasteiger partial charge in [-0.05, 0) is 38.0 Å². The first-order valence-corrected chi connectivity index (χ1v) is 6.43. The lowest BCUT2D eigenvalue weighted by molar-refractivity contribution is 0.586. The minimum absolute atomic E-state index is 0.0981. The van der Waals surface area contributed by atoms with Crippen LogP contribution in [0.15, 0.2) is 35.1 Å². The van der Waals surface area contributed by atoms with Gasteiger partial charge >= 0.3 is 0 Å². The van der Waals surface area contributed by atoms with Gasteiger partial charge in [-0.25, -0.2) is 4.68 Å². The number of rotatable bonds is 3. The van der Waals surface area contributed by atoms with Gasteiger partial charge in [0.1, 0.15) is 0 Å². The van der Waals surface area contributed by atoms with Gasteiger partial charge < -0.3 is 5.73 Å². The van der Waals surface area contributed by atoms with Crippen LogP contribution in [-0.4, -0.2) is 9.78 Å². The molecule has 0 aliphatic carbocycles. The standard InChI is InChI=1S/C15H19N3O/c1-4-18-14(19)8-7-13(17-18)15(16)12-6-5-10(2)9-11(12)3/h5-9,15H,4,16H2,1-3H3. The zero-order chi connectivity index (χ0) is 14.0. The van der Waals surface area contributed by atoms with Crippen LogP contribution in [0, 0.1) is 13.8 Å². The zero-order valence-corrected chi connectivity index (χ0v) is 11.6. The summed E-state index contributed by atoms with van der Waals surface area (Å²) in [5.74, 6) is 0. The van der Waals surface area contributed by atoms with Crippen LogP contribution in [-0.2, 0) is 6.54 Å². The summed E-state index contributed by atoms with van der Waals surface area (Å²) < 4.78 is 1.43. The first-order valence-electron chi connectivity index (χ1n) is 6.43. The molecule has 0 saturated heterocycles. The van der Waals surface area contributed by atoms with E-state index < -0.39 is 0 Å². The van der Waals surface area contributed by atoms with Crippen LogP contribution in [0.1, 0.15) is 35.3 Å². The van der Waals surface area contributed by atoms with Crippen molar-refractivity contribution < 1.29 is 0 Å². The first-order chi connectivity index (χ1) is 9.02. The van der Waals surface area contributed by atoms with Gasteiger partial charge in [0.05, 0.1) is 11.7 Å². The summed E-state index contributed by atoms with van der Waals surface area (Å²) in [6.07, 6.45) is 0. The lowest BCUT2D eigenvalue weighted by Crippen LogP contribution is -2.25. The summed E-state index contributed by atoms with van der Waals surface area (Å²) in [6, 6.07) is 9.09. The Morgan fingerprint density at radius 2 is 2.00 bits per heavy atom. The second kappa shape index (κ2) is 5.36. The molecular weight excluding hydrogens is 238 g/mol. The fourth-order valence-electron chi connectivity index (χ4n) is 2.19. The molecule has 100 valence electrons. The molecule has 1 aromatic heterocycles. The average Bonchev–Trinajstić information content (AvgIpc) is 2.38. The van der Waals surface area contributed by atoms with Crippen LogP contribution in [0.3, 0.4) is 0 Å². The van der Waals surface area contributed by atoms with Crippen molar-refractivity contribution in [2.45, 2.75) is 33.4 Å². The predicted octanol–water partition coefficient (Wildman–Crippen LogP) is 1.93. The minimum atomic E-state index is -0.306. The number of hydrogen-bond donors (Lipinski definition) is 1. The maximum Gasteiger partial charge on any atom is 0.266 e. The molecule has 4 nitrogen and oxygen atoms in total. The lowest BCUT2D eigenvalue weighted by atomic mass is 9.97. The molecule has 2 N–H and O–H groups in total. The Morgan fingerprint density at radius 3 is 2.63 bits per heavy atom. The summed E-state index contributed by atoms with van der Waals surface area (Å²) in [5, 5.41) is 4.31. The highest BCUT2D eigenvalue weighted by Crippen LogP contribution is 2.21. The Morgan fingerprint density at radius 1 is 1.26 bits per heavy atom. The van der Waals surface area contributed by atoms with Gasteiger partial charge in [0.15, 0.2) is 0 Å². The summed E-state index contributed by atoms with van der Waals surface area (Å²) in [5.41, 5.74) is 10.3. The largest absolute Gasteiger partial charge is 0.319 e. The molecule has 0 spiro atoms. The van der Waals surface area contributed by atoms with Crippen molar-refractivity contribution in [2.24, 2.45) is 5.73 Å². The van der Waals surface area contributed by atoms with Crippen molar-refractivity contribution >= 4 is 0 Å². The van der Waals surface area contributed by atoms with Crippen molar-refractivity contribution in [1.82, 2.24) is 9.78 Å². The monoisotopic (exact) mass is 257 g/mol. The van der Waals surface area contributed by atoms with E-state index in [9.17, 15) is 4.79 Å². The van der Waals surface area contributed by atoms with Crippen molar-refractivity contribution in [1.29, 1.82) is 0 Å². The van der Waals surface area contributed by atoms with Crippen LogP contribution in [0.4, 0.5) is 0 Å². The third kappa shape index (κ3) is 2.74. The molecule has 0 radical (unpaired) electrons. The third-order valence-corrected chi connectivity index (χ3v) is 3.27. The van der Waals surface area contributed by atoms with Crippen LogP contribution in [0.25, 0.3) is 0 Å². The van der Waals surface area contributed by atoms with Crippen LogP contribution in [0.5, 0.6) is 0 Å². The number of nitrogens with two attached hydrogens (primary N) is 1. The first kappa shape index (κ1) is 13.5. The minimum Gasteiger partial charge on any atom is -0.319 e. The zero-order valence-electron chi connectivity index (χ0n) is 11.6. The highest BCUT2D eigenvalue weighted by molar-refractivity contribution is 5.36. The summed E-state index contributed by atoms with van der Waals surface area (Å²) in [6.45, 7) is 6.53. The maximum absolute atomic E-state index is 11.5. The van der Waals surface area contributed by atoms with Gasteiger partial charge in [-0.1, -0.05) is 23.8 Å². The van der Waals surface area contributed by atoms with Crippen molar-refractivity contribution in [3.63, 3.8) is 0 Å². The van der Waals surface area contributed by atoms with E-state index in [2.05, 4.69) is 18.1 Å². The Kier molecular flexibility index (Phi) is 3.81. The van der Waals surface area contributed by atoms with E-state index in [1.165, 1.54) is 16.3 Å². The van der Waals surface area contributed by atoms with E-state index in [4.69, 9.17) is 5.73 Å². The molecule has 2 aromatic rings. The summed E-state index contributed by atoms with van der Waals surface area (Å²) in [4.78, 5) is 11.5. The highest BCUT2D eigenvalue weighted by atomic mass is 16.1. The number of aromatic nitrogens is 2. The molecule has 4 heteroatoms. The van der Waals surface area contributed by atoms with Gasteiger partial charge in [0.2, 0.25) is 0 Å². The molecule has 0 fully saturated rings. The maximum atomic E-state index is 11.5. The smallest absolute Gasteiger partial charge is 0.266 e. The molecule has 0 saturated carbocycles. The Labute approximate surface area is 112 Å².